The van der Waals surface area contributed by atoms with Crippen molar-refractivity contribution in [3.8, 4) is 0 Å². The zero-order valence-corrected chi connectivity index (χ0v) is 7.82. The molecule has 0 bridgehead atoms. The number of nitrogens with one attached hydrogen (secondary N) is 3. The van der Waals surface area contributed by atoms with Crippen molar-refractivity contribution in [3.63, 3.8) is 0 Å². The Kier molecular flexibility index (Phi) is 2.89. The zero-order valence-electron chi connectivity index (χ0n) is 7.00. The van der Waals surface area contributed by atoms with Crippen LogP contribution in [0.1, 0.15) is 6.42 Å². The van der Waals surface area contributed by atoms with Crippen LogP contribution in [0.3, 0.4) is 0 Å². The molecule has 0 aliphatic carbocycles. The average molecular weight is 204 g/mol. The van der Waals surface area contributed by atoms with Gasteiger partial charge in [0.15, 0.2) is 0 Å². The Morgan fingerprint density at radius 3 is 2.85 bits per heavy atom. The van der Waals surface area contributed by atoms with Gasteiger partial charge >= 0.3 is 0 Å². The highest BCUT2D eigenvalue weighted by molar-refractivity contribution is 7.94. The molecule has 1 aliphatic rings. The summed E-state index contributed by atoms with van der Waals surface area (Å²) < 4.78 is 23.3. The van der Waals surface area contributed by atoms with Crippen molar-refractivity contribution in [2.45, 2.75) is 6.42 Å². The Morgan fingerprint density at radius 1 is 1.77 bits per heavy atom. The van der Waals surface area contributed by atoms with Gasteiger partial charge in [-0.1, -0.05) is 0 Å². The molecule has 7 heteroatoms. The summed E-state index contributed by atoms with van der Waals surface area (Å²) in [5.74, 6) is 0.198. The molecule has 74 valence electrons. The van der Waals surface area contributed by atoms with Crippen LogP contribution in [-0.4, -0.2) is 23.6 Å². The van der Waals surface area contributed by atoms with Gasteiger partial charge in [0.05, 0.1) is 6.61 Å². The zero-order chi connectivity index (χ0) is 9.90. The van der Waals surface area contributed by atoms with Crippen LogP contribution in [0.25, 0.3) is 0 Å². The molecule has 0 aromatic heterocycles. The molecule has 0 saturated carbocycles. The van der Waals surface area contributed by atoms with Gasteiger partial charge in [0.1, 0.15) is 14.8 Å². The topological polar surface area (TPSA) is 112 Å². The standard InChI is InChI=1S/C6H12N4O2S/c7-4-5(13(8,9)11)6-10-2-1-3-12-6/h4,7,10H,1-3H2,(H3,8,9,11)/b6-5-,7-4?. The van der Waals surface area contributed by atoms with Crippen LogP contribution in [0.5, 0.6) is 0 Å². The molecule has 1 saturated heterocycles. The Labute approximate surface area is 76.8 Å². The summed E-state index contributed by atoms with van der Waals surface area (Å²) in [4.78, 5) is -0.0906. The molecule has 0 amide bonds. The Bertz CT molecular complexity index is 325. The van der Waals surface area contributed by atoms with Gasteiger partial charge in [-0.25, -0.2) is 14.1 Å². The number of hydrogen-bond donors (Lipinski definition) is 4. The first kappa shape index (κ1) is 10.0. The normalized spacial score (nSPS) is 25.0. The minimum Gasteiger partial charge on any atom is -0.478 e. The van der Waals surface area contributed by atoms with Gasteiger partial charge < -0.3 is 15.5 Å². The minimum absolute atomic E-state index is 0.0906. The molecule has 1 heterocycles. The first-order chi connectivity index (χ1) is 6.05. The molecule has 1 atom stereocenters. The maximum absolute atomic E-state index is 11.1. The molecule has 13 heavy (non-hydrogen) atoms. The molecular formula is C6H12N4O2S. The van der Waals surface area contributed by atoms with E-state index in [0.717, 1.165) is 12.6 Å². The number of ether oxygens (including phenoxy) is 1. The molecule has 6 nitrogen and oxygen atoms in total. The van der Waals surface area contributed by atoms with Gasteiger partial charge in [0.25, 0.3) is 0 Å². The van der Waals surface area contributed by atoms with E-state index in [1.54, 1.807) is 0 Å². The largest absolute Gasteiger partial charge is 0.478 e. The van der Waals surface area contributed by atoms with E-state index in [1.807, 2.05) is 0 Å². The first-order valence-electron chi connectivity index (χ1n) is 3.73. The molecule has 0 radical (unpaired) electrons. The maximum Gasteiger partial charge on any atom is 0.207 e. The predicted octanol–water partition coefficient (Wildman–Crippen LogP) is -0.265. The van der Waals surface area contributed by atoms with Gasteiger partial charge in [-0.05, 0) is 6.42 Å². The summed E-state index contributed by atoms with van der Waals surface area (Å²) in [6.07, 6.45) is 1.64. The number of rotatable bonds is 2. The van der Waals surface area contributed by atoms with Crippen LogP contribution in [0.4, 0.5) is 0 Å². The van der Waals surface area contributed by atoms with Crippen molar-refractivity contribution >= 4 is 16.1 Å². The van der Waals surface area contributed by atoms with Crippen molar-refractivity contribution in [2.75, 3.05) is 13.2 Å². The van der Waals surface area contributed by atoms with Gasteiger partial charge in [-0.15, -0.1) is 0 Å². The lowest BCUT2D eigenvalue weighted by Crippen LogP contribution is -2.29. The van der Waals surface area contributed by atoms with Gasteiger partial charge in [0.2, 0.25) is 5.88 Å². The van der Waals surface area contributed by atoms with Gasteiger partial charge in [-0.2, -0.15) is 0 Å². The van der Waals surface area contributed by atoms with E-state index >= 15 is 0 Å². The Balaban J connectivity index is 3.03. The summed E-state index contributed by atoms with van der Waals surface area (Å²) in [6, 6.07) is 0. The third kappa shape index (κ3) is 2.43. The van der Waals surface area contributed by atoms with Crippen molar-refractivity contribution in [2.24, 2.45) is 5.14 Å². The number of allylic oxidation sites excluding steroid dienone is 1. The minimum atomic E-state index is -3.37. The molecule has 1 rings (SSSR count). The average Bonchev–Trinajstić information content (AvgIpc) is 2.05. The van der Waals surface area contributed by atoms with Crippen LogP contribution in [0, 0.1) is 10.2 Å². The second-order valence-electron chi connectivity index (χ2n) is 2.57. The highest BCUT2D eigenvalue weighted by Gasteiger charge is 2.16. The third-order valence-electron chi connectivity index (χ3n) is 1.53. The Morgan fingerprint density at radius 2 is 2.46 bits per heavy atom. The van der Waals surface area contributed by atoms with E-state index in [1.165, 1.54) is 0 Å². The van der Waals surface area contributed by atoms with Crippen LogP contribution in [0.15, 0.2) is 10.8 Å². The van der Waals surface area contributed by atoms with Crippen molar-refractivity contribution in [3.05, 3.63) is 10.8 Å². The first-order valence-corrected chi connectivity index (χ1v) is 5.36. The summed E-state index contributed by atoms with van der Waals surface area (Å²) in [5, 5.41) is 14.9. The molecule has 1 fully saturated rings. The number of hydrogen-bond acceptors (Lipinski definition) is 5. The molecule has 1 unspecified atom stereocenters. The molecule has 0 spiro atoms. The molecular weight excluding hydrogens is 192 g/mol. The van der Waals surface area contributed by atoms with Crippen LogP contribution >= 0.6 is 0 Å². The summed E-state index contributed by atoms with van der Waals surface area (Å²) >= 11 is 0. The monoisotopic (exact) mass is 204 g/mol. The lowest BCUT2D eigenvalue weighted by Gasteiger charge is -2.20. The fourth-order valence-corrected chi connectivity index (χ4v) is 1.53. The lowest BCUT2D eigenvalue weighted by atomic mass is 10.4. The van der Waals surface area contributed by atoms with E-state index in [2.05, 4.69) is 5.32 Å². The molecule has 0 aromatic rings. The van der Waals surface area contributed by atoms with Crippen LogP contribution in [0.2, 0.25) is 0 Å². The predicted molar refractivity (Wildman–Crippen MR) is 49.4 cm³/mol. The summed E-state index contributed by atoms with van der Waals surface area (Å²) in [5.41, 5.74) is 0. The Hall–Kier alpha value is -1.08. The lowest BCUT2D eigenvalue weighted by molar-refractivity contribution is 0.157. The van der Waals surface area contributed by atoms with Crippen LogP contribution < -0.4 is 10.5 Å². The smallest absolute Gasteiger partial charge is 0.207 e. The van der Waals surface area contributed by atoms with E-state index in [-0.39, 0.29) is 10.8 Å². The molecule has 1 aliphatic heterocycles. The van der Waals surface area contributed by atoms with Crippen LogP contribution in [-0.2, 0) is 14.7 Å². The highest BCUT2D eigenvalue weighted by atomic mass is 32.2. The second-order valence-corrected chi connectivity index (χ2v) is 4.21. The molecule has 0 aromatic carbocycles. The second kappa shape index (κ2) is 3.75. The maximum atomic E-state index is 11.1. The van der Waals surface area contributed by atoms with E-state index in [9.17, 15) is 4.21 Å². The van der Waals surface area contributed by atoms with Crippen molar-refractivity contribution in [1.29, 1.82) is 10.2 Å². The fraction of sp³-hybridized carbons (Fsp3) is 0.500. The van der Waals surface area contributed by atoms with E-state index in [0.29, 0.717) is 13.2 Å². The summed E-state index contributed by atoms with van der Waals surface area (Å²) in [7, 11) is -3.37. The van der Waals surface area contributed by atoms with E-state index in [4.69, 9.17) is 20.1 Å². The third-order valence-corrected chi connectivity index (χ3v) is 2.49. The quantitative estimate of drug-likeness (QED) is 0.464. The molecule has 5 N–H and O–H groups in total. The fourth-order valence-electron chi connectivity index (χ4n) is 0.948. The van der Waals surface area contributed by atoms with Crippen molar-refractivity contribution in [1.82, 2.24) is 5.32 Å². The SMILES string of the molecule is N=C/C(=C1\NCCCO1)S(=N)(N)=O. The van der Waals surface area contributed by atoms with E-state index < -0.39 is 9.92 Å². The number of nitrogens with two attached hydrogens (primary N) is 1. The van der Waals surface area contributed by atoms with Crippen molar-refractivity contribution < 1.29 is 8.95 Å². The van der Waals surface area contributed by atoms with Gasteiger partial charge in [-0.3, -0.25) is 0 Å². The highest BCUT2D eigenvalue weighted by Crippen LogP contribution is 2.10. The van der Waals surface area contributed by atoms with Gasteiger partial charge in [0, 0.05) is 12.8 Å². The summed E-state index contributed by atoms with van der Waals surface area (Å²) in [6.45, 7) is 1.18.